The average molecular weight is 415 g/mol. The molecule has 0 saturated carbocycles. The summed E-state index contributed by atoms with van der Waals surface area (Å²) >= 11 is 1.24. The molecule has 0 spiro atoms. The predicted molar refractivity (Wildman–Crippen MR) is 96.9 cm³/mol. The van der Waals surface area contributed by atoms with Gasteiger partial charge >= 0.3 is 6.18 Å². The molecule has 1 aromatic carbocycles. The smallest absolute Gasteiger partial charge is 0.326 e. The zero-order chi connectivity index (χ0) is 20.6. The number of nitrogens with zero attached hydrogens (tertiary/aromatic N) is 2. The maximum atomic E-state index is 13.4. The molecule has 28 heavy (non-hydrogen) atoms. The fraction of sp³-hybridized carbons (Fsp3) is 0.389. The number of anilines is 1. The molecule has 0 bridgehead atoms. The Balaban J connectivity index is 1.82. The summed E-state index contributed by atoms with van der Waals surface area (Å²) in [5.74, 6) is -2.25. The van der Waals surface area contributed by atoms with Crippen LogP contribution in [0.15, 0.2) is 28.2 Å². The lowest BCUT2D eigenvalue weighted by Gasteiger charge is -2.25. The van der Waals surface area contributed by atoms with Crippen molar-refractivity contribution in [3.8, 4) is 0 Å². The molecular weight excluding hydrogens is 398 g/mol. The SMILES string of the molecule is CCc1c(C)nc2n(c1=O)CC(C(=O)Nc1ccc(F)c(C(F)(F)F)c1)CS2. The molecule has 0 radical (unpaired) electrons. The number of carbonyl (C=O) groups is 1. The Hall–Kier alpha value is -2.36. The van der Waals surface area contributed by atoms with E-state index in [1.54, 1.807) is 6.92 Å². The van der Waals surface area contributed by atoms with Crippen LogP contribution in [-0.2, 0) is 23.9 Å². The van der Waals surface area contributed by atoms with E-state index in [-0.39, 0.29) is 17.8 Å². The van der Waals surface area contributed by atoms with Crippen molar-refractivity contribution in [1.82, 2.24) is 9.55 Å². The fourth-order valence-electron chi connectivity index (χ4n) is 3.03. The minimum absolute atomic E-state index is 0.0839. The van der Waals surface area contributed by atoms with Crippen molar-refractivity contribution in [2.24, 2.45) is 5.92 Å². The van der Waals surface area contributed by atoms with E-state index in [2.05, 4.69) is 10.3 Å². The van der Waals surface area contributed by atoms with Crippen LogP contribution in [0.1, 0.15) is 23.7 Å². The van der Waals surface area contributed by atoms with Gasteiger partial charge in [0, 0.05) is 29.2 Å². The summed E-state index contributed by atoms with van der Waals surface area (Å²) in [6.07, 6.45) is -4.35. The predicted octanol–water partition coefficient (Wildman–Crippen LogP) is 3.63. The van der Waals surface area contributed by atoms with E-state index in [0.29, 0.717) is 40.7 Å². The fourth-order valence-corrected chi connectivity index (χ4v) is 4.15. The summed E-state index contributed by atoms with van der Waals surface area (Å²) in [7, 11) is 0. The van der Waals surface area contributed by atoms with E-state index in [4.69, 9.17) is 0 Å². The van der Waals surface area contributed by atoms with Crippen LogP contribution < -0.4 is 10.9 Å². The van der Waals surface area contributed by atoms with Gasteiger partial charge in [-0.25, -0.2) is 9.37 Å². The third-order valence-corrected chi connectivity index (χ3v) is 5.65. The first kappa shape index (κ1) is 20.4. The first-order chi connectivity index (χ1) is 13.1. The van der Waals surface area contributed by atoms with Crippen molar-refractivity contribution >= 4 is 23.4 Å². The van der Waals surface area contributed by atoms with Gasteiger partial charge in [0.1, 0.15) is 5.82 Å². The maximum absolute atomic E-state index is 13.4. The Labute approximate surface area is 162 Å². The Morgan fingerprint density at radius 3 is 2.75 bits per heavy atom. The van der Waals surface area contributed by atoms with E-state index in [1.165, 1.54) is 16.3 Å². The summed E-state index contributed by atoms with van der Waals surface area (Å²) < 4.78 is 53.3. The topological polar surface area (TPSA) is 64.0 Å². The highest BCUT2D eigenvalue weighted by Crippen LogP contribution is 2.33. The second kappa shape index (κ2) is 7.57. The Bertz CT molecular complexity index is 988. The number of nitrogens with one attached hydrogen (secondary N) is 1. The zero-order valence-electron chi connectivity index (χ0n) is 15.1. The normalized spacial score (nSPS) is 16.6. The Kier molecular flexibility index (Phi) is 5.51. The molecule has 2 aromatic rings. The molecule has 3 rings (SSSR count). The largest absolute Gasteiger partial charge is 0.419 e. The van der Waals surface area contributed by atoms with E-state index >= 15 is 0 Å². The van der Waals surface area contributed by atoms with Crippen LogP contribution in [0.2, 0.25) is 0 Å². The van der Waals surface area contributed by atoms with Gasteiger partial charge in [0.2, 0.25) is 5.91 Å². The van der Waals surface area contributed by atoms with Crippen LogP contribution in [0, 0.1) is 18.7 Å². The summed E-state index contributed by atoms with van der Waals surface area (Å²) in [6.45, 7) is 3.68. The summed E-state index contributed by atoms with van der Waals surface area (Å²) in [6, 6.07) is 2.29. The number of thioether (sulfide) groups is 1. The van der Waals surface area contributed by atoms with Crippen LogP contribution in [0.25, 0.3) is 0 Å². The molecule has 1 aliphatic heterocycles. The van der Waals surface area contributed by atoms with Gasteiger partial charge in [-0.1, -0.05) is 18.7 Å². The average Bonchev–Trinajstić information content (AvgIpc) is 2.62. The second-order valence-electron chi connectivity index (χ2n) is 6.42. The van der Waals surface area contributed by atoms with Gasteiger partial charge in [-0.3, -0.25) is 14.2 Å². The van der Waals surface area contributed by atoms with Crippen molar-refractivity contribution in [2.45, 2.75) is 38.1 Å². The Morgan fingerprint density at radius 1 is 1.39 bits per heavy atom. The molecule has 10 heteroatoms. The van der Waals surface area contributed by atoms with Gasteiger partial charge in [0.05, 0.1) is 11.5 Å². The number of benzene rings is 1. The van der Waals surface area contributed by atoms with Gasteiger partial charge in [0.15, 0.2) is 5.16 Å². The van der Waals surface area contributed by atoms with Crippen LogP contribution in [0.3, 0.4) is 0 Å². The molecular formula is C18H17F4N3O2S. The summed E-state index contributed by atoms with van der Waals surface area (Å²) in [4.78, 5) is 29.5. The van der Waals surface area contributed by atoms with Gasteiger partial charge in [-0.05, 0) is 31.5 Å². The van der Waals surface area contributed by atoms with Gasteiger partial charge in [-0.2, -0.15) is 13.2 Å². The maximum Gasteiger partial charge on any atom is 0.419 e. The molecule has 1 aromatic heterocycles. The van der Waals surface area contributed by atoms with Crippen LogP contribution in [-0.4, -0.2) is 21.2 Å². The molecule has 1 atom stereocenters. The van der Waals surface area contributed by atoms with Gasteiger partial charge < -0.3 is 5.32 Å². The molecule has 1 N–H and O–H groups in total. The number of fused-ring (bicyclic) bond motifs is 1. The van der Waals surface area contributed by atoms with Crippen LogP contribution in [0.5, 0.6) is 0 Å². The molecule has 1 unspecified atom stereocenters. The third-order valence-electron chi connectivity index (χ3n) is 4.51. The first-order valence-electron chi connectivity index (χ1n) is 8.52. The number of hydrogen-bond acceptors (Lipinski definition) is 4. The number of amides is 1. The molecule has 5 nitrogen and oxygen atoms in total. The second-order valence-corrected chi connectivity index (χ2v) is 7.40. The lowest BCUT2D eigenvalue weighted by Crippen LogP contribution is -2.38. The van der Waals surface area contributed by atoms with E-state index in [0.717, 1.165) is 6.07 Å². The lowest BCUT2D eigenvalue weighted by atomic mass is 10.1. The van der Waals surface area contributed by atoms with Crippen molar-refractivity contribution in [1.29, 1.82) is 0 Å². The number of rotatable bonds is 3. The summed E-state index contributed by atoms with van der Waals surface area (Å²) in [5.41, 5.74) is -0.592. The minimum Gasteiger partial charge on any atom is -0.326 e. The van der Waals surface area contributed by atoms with Crippen molar-refractivity contribution < 1.29 is 22.4 Å². The monoisotopic (exact) mass is 415 g/mol. The van der Waals surface area contributed by atoms with Crippen LogP contribution >= 0.6 is 11.8 Å². The minimum atomic E-state index is -4.86. The highest BCUT2D eigenvalue weighted by Gasteiger charge is 2.35. The van der Waals surface area contributed by atoms with Gasteiger partial charge in [-0.15, -0.1) is 0 Å². The molecule has 0 aliphatic carbocycles. The zero-order valence-corrected chi connectivity index (χ0v) is 15.9. The molecule has 0 saturated heterocycles. The van der Waals surface area contributed by atoms with Crippen LogP contribution in [0.4, 0.5) is 23.2 Å². The number of alkyl halides is 3. The Morgan fingerprint density at radius 2 is 2.11 bits per heavy atom. The van der Waals surface area contributed by atoms with Crippen molar-refractivity contribution in [2.75, 3.05) is 11.1 Å². The molecule has 2 heterocycles. The molecule has 150 valence electrons. The van der Waals surface area contributed by atoms with Crippen molar-refractivity contribution in [3.63, 3.8) is 0 Å². The number of aryl methyl sites for hydroxylation is 1. The number of halogens is 4. The first-order valence-corrected chi connectivity index (χ1v) is 9.51. The molecule has 0 fully saturated rings. The lowest BCUT2D eigenvalue weighted by molar-refractivity contribution is -0.140. The quantitative estimate of drug-likeness (QED) is 0.614. The van der Waals surface area contributed by atoms with Gasteiger partial charge in [0.25, 0.3) is 5.56 Å². The highest BCUT2D eigenvalue weighted by molar-refractivity contribution is 7.99. The third kappa shape index (κ3) is 3.91. The molecule has 1 aliphatic rings. The van der Waals surface area contributed by atoms with E-state index < -0.39 is 29.4 Å². The highest BCUT2D eigenvalue weighted by atomic mass is 32.2. The number of aromatic nitrogens is 2. The summed E-state index contributed by atoms with van der Waals surface area (Å²) in [5, 5.41) is 2.91. The van der Waals surface area contributed by atoms with E-state index in [9.17, 15) is 27.2 Å². The number of hydrogen-bond donors (Lipinski definition) is 1. The number of carbonyl (C=O) groups excluding carboxylic acids is 1. The van der Waals surface area contributed by atoms with E-state index in [1.807, 2.05) is 6.92 Å². The molecule has 1 amide bonds. The van der Waals surface area contributed by atoms with Crippen molar-refractivity contribution in [3.05, 3.63) is 51.2 Å². The standard InChI is InChI=1S/C18H17F4N3O2S/c1-3-12-9(2)23-17-25(16(12)27)7-10(8-28-17)15(26)24-11-4-5-14(19)13(6-11)18(20,21)22/h4-6,10H,3,7-8H2,1-2H3,(H,24,26).